The van der Waals surface area contributed by atoms with Gasteiger partial charge in [0.1, 0.15) is 23.9 Å². The molecule has 0 saturated carbocycles. The number of amides is 2. The molecule has 8 heteroatoms. The second-order valence-electron chi connectivity index (χ2n) is 6.72. The van der Waals surface area contributed by atoms with Gasteiger partial charge in [-0.05, 0) is 43.7 Å². The van der Waals surface area contributed by atoms with Crippen LogP contribution >= 0.6 is 0 Å². The van der Waals surface area contributed by atoms with Gasteiger partial charge in [0.05, 0.1) is 23.7 Å². The van der Waals surface area contributed by atoms with E-state index in [-0.39, 0.29) is 13.0 Å². The van der Waals surface area contributed by atoms with Crippen LogP contribution in [0.3, 0.4) is 0 Å². The topological polar surface area (TPSA) is 117 Å². The van der Waals surface area contributed by atoms with Crippen LogP contribution < -0.4 is 15.8 Å². The first-order chi connectivity index (χ1) is 14.4. The van der Waals surface area contributed by atoms with E-state index in [0.717, 1.165) is 5.56 Å². The largest absolute Gasteiger partial charge is 0.461 e. The zero-order valence-corrected chi connectivity index (χ0v) is 16.8. The molecule has 2 amide bonds. The molecule has 0 fully saturated rings. The van der Waals surface area contributed by atoms with Gasteiger partial charge in [-0.25, -0.2) is 4.79 Å². The van der Waals surface area contributed by atoms with E-state index in [1.54, 1.807) is 38.1 Å². The van der Waals surface area contributed by atoms with Crippen LogP contribution in [-0.2, 0) is 16.1 Å². The second kappa shape index (κ2) is 9.60. The first-order valence-corrected chi connectivity index (χ1v) is 9.38. The summed E-state index contributed by atoms with van der Waals surface area (Å²) in [5.74, 6) is 1.34. The third kappa shape index (κ3) is 5.60. The molecule has 1 aromatic heterocycles. The summed E-state index contributed by atoms with van der Waals surface area (Å²) in [7, 11) is 0. The number of para-hydroxylation sites is 1. The fraction of sp³-hybridized carbons (Fsp3) is 0.227. The minimum atomic E-state index is -0.743. The van der Waals surface area contributed by atoms with E-state index in [9.17, 15) is 9.59 Å². The van der Waals surface area contributed by atoms with E-state index in [4.69, 9.17) is 19.7 Å². The standard InChI is InChI=1S/C22H23N3O5/c1-14-19(15(2)30-25-14)13-28-21(26)12-20(24-22(23)27)16-7-6-10-18(11-16)29-17-8-4-3-5-9-17/h3-11,20H,12-13H2,1-2H3,(H3,23,24,27)/t20-/m1/s1. The molecule has 0 radical (unpaired) electrons. The number of ether oxygens (including phenoxy) is 2. The Kier molecular flexibility index (Phi) is 6.69. The van der Waals surface area contributed by atoms with Gasteiger partial charge in [0.2, 0.25) is 0 Å². The van der Waals surface area contributed by atoms with Gasteiger partial charge >= 0.3 is 12.0 Å². The number of esters is 1. The van der Waals surface area contributed by atoms with Crippen LogP contribution in [0.5, 0.6) is 11.5 Å². The lowest BCUT2D eigenvalue weighted by Gasteiger charge is -2.18. The molecule has 0 spiro atoms. The minimum Gasteiger partial charge on any atom is -0.461 e. The Morgan fingerprint density at radius 2 is 1.83 bits per heavy atom. The number of benzene rings is 2. The van der Waals surface area contributed by atoms with Crippen molar-refractivity contribution in [1.29, 1.82) is 0 Å². The van der Waals surface area contributed by atoms with Crippen LogP contribution in [-0.4, -0.2) is 17.2 Å². The zero-order chi connectivity index (χ0) is 21.5. The monoisotopic (exact) mass is 409 g/mol. The molecule has 0 saturated heterocycles. The number of aryl methyl sites for hydroxylation is 2. The van der Waals surface area contributed by atoms with E-state index >= 15 is 0 Å². The van der Waals surface area contributed by atoms with E-state index in [2.05, 4.69) is 10.5 Å². The molecule has 1 atom stereocenters. The zero-order valence-electron chi connectivity index (χ0n) is 16.8. The van der Waals surface area contributed by atoms with Crippen LogP contribution in [0.25, 0.3) is 0 Å². The van der Waals surface area contributed by atoms with Crippen LogP contribution in [0, 0.1) is 13.8 Å². The Morgan fingerprint density at radius 3 is 2.50 bits per heavy atom. The molecular formula is C22H23N3O5. The number of hydrogen-bond acceptors (Lipinski definition) is 6. The van der Waals surface area contributed by atoms with Crippen molar-refractivity contribution >= 4 is 12.0 Å². The number of aromatic nitrogens is 1. The summed E-state index contributed by atoms with van der Waals surface area (Å²) in [6, 6.07) is 15.0. The highest BCUT2D eigenvalue weighted by atomic mass is 16.5. The Morgan fingerprint density at radius 1 is 1.10 bits per heavy atom. The van der Waals surface area contributed by atoms with Gasteiger partial charge in [0.25, 0.3) is 0 Å². The van der Waals surface area contributed by atoms with Crippen molar-refractivity contribution in [3.8, 4) is 11.5 Å². The molecule has 156 valence electrons. The Labute approximate surface area is 174 Å². The lowest BCUT2D eigenvalue weighted by molar-refractivity contribution is -0.145. The lowest BCUT2D eigenvalue weighted by atomic mass is 10.0. The van der Waals surface area contributed by atoms with E-state index < -0.39 is 18.0 Å². The van der Waals surface area contributed by atoms with Crippen LogP contribution in [0.2, 0.25) is 0 Å². The number of carbonyl (C=O) groups is 2. The Balaban J connectivity index is 1.70. The smallest absolute Gasteiger partial charge is 0.312 e. The fourth-order valence-corrected chi connectivity index (χ4v) is 2.93. The minimum absolute atomic E-state index is 0.0421. The van der Waals surface area contributed by atoms with Crippen LogP contribution in [0.15, 0.2) is 59.1 Å². The van der Waals surface area contributed by atoms with Crippen molar-refractivity contribution in [2.75, 3.05) is 0 Å². The fourth-order valence-electron chi connectivity index (χ4n) is 2.93. The molecule has 2 aromatic carbocycles. The summed E-state index contributed by atoms with van der Waals surface area (Å²) in [6.45, 7) is 3.56. The molecule has 0 unspecified atom stereocenters. The van der Waals surface area contributed by atoms with Gasteiger partial charge in [-0.1, -0.05) is 35.5 Å². The molecular weight excluding hydrogens is 386 g/mol. The average Bonchev–Trinajstić information content (AvgIpc) is 3.04. The molecule has 0 aliphatic rings. The highest BCUT2D eigenvalue weighted by Gasteiger charge is 2.20. The summed E-state index contributed by atoms with van der Waals surface area (Å²) in [4.78, 5) is 23.9. The van der Waals surface area contributed by atoms with Crippen molar-refractivity contribution in [2.24, 2.45) is 5.73 Å². The third-order valence-electron chi connectivity index (χ3n) is 4.49. The number of nitrogens with two attached hydrogens (primary N) is 1. The number of nitrogens with zero attached hydrogens (tertiary/aromatic N) is 1. The highest BCUT2D eigenvalue weighted by Crippen LogP contribution is 2.26. The van der Waals surface area contributed by atoms with Crippen molar-refractivity contribution in [2.45, 2.75) is 32.9 Å². The molecule has 3 rings (SSSR count). The predicted molar refractivity (Wildman–Crippen MR) is 109 cm³/mol. The summed E-state index contributed by atoms with van der Waals surface area (Å²) in [5.41, 5.74) is 7.36. The van der Waals surface area contributed by atoms with E-state index in [0.29, 0.717) is 28.5 Å². The van der Waals surface area contributed by atoms with Gasteiger partial charge in [0, 0.05) is 0 Å². The summed E-state index contributed by atoms with van der Waals surface area (Å²) in [6.07, 6.45) is -0.0961. The summed E-state index contributed by atoms with van der Waals surface area (Å²) < 4.78 is 16.2. The second-order valence-corrected chi connectivity index (χ2v) is 6.72. The number of nitrogens with one attached hydrogen (secondary N) is 1. The first kappa shape index (κ1) is 20.9. The Bertz CT molecular complexity index is 997. The molecule has 30 heavy (non-hydrogen) atoms. The van der Waals surface area contributed by atoms with Crippen LogP contribution in [0.4, 0.5) is 4.79 Å². The van der Waals surface area contributed by atoms with E-state index in [1.807, 2.05) is 30.3 Å². The summed E-state index contributed by atoms with van der Waals surface area (Å²) >= 11 is 0. The molecule has 0 aliphatic carbocycles. The van der Waals surface area contributed by atoms with E-state index in [1.165, 1.54) is 0 Å². The Hall–Kier alpha value is -3.81. The first-order valence-electron chi connectivity index (χ1n) is 9.38. The lowest BCUT2D eigenvalue weighted by Crippen LogP contribution is -2.34. The molecule has 0 bridgehead atoms. The predicted octanol–water partition coefficient (Wildman–Crippen LogP) is 3.93. The third-order valence-corrected chi connectivity index (χ3v) is 4.49. The normalized spacial score (nSPS) is 11.5. The van der Waals surface area contributed by atoms with Crippen molar-refractivity contribution in [3.63, 3.8) is 0 Å². The average molecular weight is 409 g/mol. The molecule has 3 N–H and O–H groups in total. The molecule has 8 nitrogen and oxygen atoms in total. The summed E-state index contributed by atoms with van der Waals surface area (Å²) in [5, 5.41) is 6.42. The highest BCUT2D eigenvalue weighted by molar-refractivity contribution is 5.75. The van der Waals surface area contributed by atoms with Crippen molar-refractivity contribution in [1.82, 2.24) is 10.5 Å². The maximum absolute atomic E-state index is 12.4. The number of hydrogen-bond donors (Lipinski definition) is 2. The SMILES string of the molecule is Cc1noc(C)c1COC(=O)C[C@@H](NC(N)=O)c1cccc(Oc2ccccc2)c1. The number of carbonyl (C=O) groups excluding carboxylic acids is 2. The number of urea groups is 1. The van der Waals surface area contributed by atoms with Gasteiger partial charge < -0.3 is 25.0 Å². The van der Waals surface area contributed by atoms with Gasteiger partial charge in [-0.3, -0.25) is 4.79 Å². The maximum Gasteiger partial charge on any atom is 0.312 e. The van der Waals surface area contributed by atoms with Crippen molar-refractivity contribution in [3.05, 3.63) is 77.2 Å². The molecule has 1 heterocycles. The molecule has 3 aromatic rings. The number of primary amides is 1. The number of rotatable bonds is 8. The molecule has 0 aliphatic heterocycles. The van der Waals surface area contributed by atoms with Gasteiger partial charge in [0.15, 0.2) is 0 Å². The maximum atomic E-state index is 12.4. The van der Waals surface area contributed by atoms with Crippen molar-refractivity contribution < 1.29 is 23.6 Å². The van der Waals surface area contributed by atoms with Crippen LogP contribution in [0.1, 0.15) is 35.0 Å². The van der Waals surface area contributed by atoms with Gasteiger partial charge in [-0.2, -0.15) is 0 Å². The quantitative estimate of drug-likeness (QED) is 0.545. The van der Waals surface area contributed by atoms with Gasteiger partial charge in [-0.15, -0.1) is 0 Å².